The first-order valence-corrected chi connectivity index (χ1v) is 5.24. The van der Waals surface area contributed by atoms with Crippen molar-refractivity contribution in [2.45, 2.75) is 33.6 Å². The Hall–Kier alpha value is -1.58. The molecule has 15 heavy (non-hydrogen) atoms. The van der Waals surface area contributed by atoms with Crippen molar-refractivity contribution in [3.05, 3.63) is 23.3 Å². The second kappa shape index (κ2) is 3.53. The third kappa shape index (κ3) is 1.56. The summed E-state index contributed by atoms with van der Waals surface area (Å²) in [5, 5.41) is 0. The largest absolute Gasteiger partial charge is 0.337 e. The number of rotatable bonds is 2. The fourth-order valence-corrected chi connectivity index (χ4v) is 1.85. The molecule has 0 aromatic carbocycles. The zero-order valence-electron chi connectivity index (χ0n) is 9.41. The molecule has 0 aliphatic heterocycles. The van der Waals surface area contributed by atoms with Gasteiger partial charge in [0.15, 0.2) is 0 Å². The molecule has 0 fully saturated rings. The van der Waals surface area contributed by atoms with Crippen LogP contribution in [0, 0.1) is 13.8 Å². The lowest BCUT2D eigenvalue weighted by atomic mass is 10.3. The topological polar surface area (TPSA) is 56.7 Å². The van der Waals surface area contributed by atoms with Crippen LogP contribution in [0.5, 0.6) is 0 Å². The molecular formula is C11H16N4. The minimum absolute atomic E-state index is 0.906. The Kier molecular flexibility index (Phi) is 2.34. The molecule has 80 valence electrons. The summed E-state index contributed by atoms with van der Waals surface area (Å²) in [6.45, 7) is 6.06. The van der Waals surface area contributed by atoms with Gasteiger partial charge < -0.3 is 5.84 Å². The molecule has 0 radical (unpaired) electrons. The van der Waals surface area contributed by atoms with Crippen LogP contribution in [0.15, 0.2) is 6.07 Å². The van der Waals surface area contributed by atoms with E-state index in [4.69, 9.17) is 5.84 Å². The Morgan fingerprint density at radius 1 is 1.33 bits per heavy atom. The van der Waals surface area contributed by atoms with Crippen LogP contribution in [0.3, 0.4) is 0 Å². The lowest BCUT2D eigenvalue weighted by molar-refractivity contribution is 0.801. The highest BCUT2D eigenvalue weighted by Gasteiger charge is 2.10. The first kappa shape index (κ1) is 9.96. The number of aromatic nitrogens is 3. The Bertz CT molecular complexity index is 499. The number of nitrogens with zero attached hydrogens (tertiary/aromatic N) is 3. The number of pyridine rings is 1. The van der Waals surface area contributed by atoms with Crippen molar-refractivity contribution in [2.24, 2.45) is 0 Å². The normalized spacial score (nSPS) is 11.1. The van der Waals surface area contributed by atoms with Crippen molar-refractivity contribution in [3.63, 3.8) is 0 Å². The summed E-state index contributed by atoms with van der Waals surface area (Å²) >= 11 is 0. The number of nitrogen functional groups attached to an aromatic ring is 1. The molecule has 4 nitrogen and oxygen atoms in total. The SMILES string of the molecule is CCCc1nc2c(C)nc(C)cc2n1N. The minimum Gasteiger partial charge on any atom is -0.337 e. The average molecular weight is 204 g/mol. The van der Waals surface area contributed by atoms with Gasteiger partial charge in [-0.25, -0.2) is 9.66 Å². The van der Waals surface area contributed by atoms with Crippen LogP contribution in [-0.2, 0) is 6.42 Å². The number of hydrogen-bond acceptors (Lipinski definition) is 3. The fourth-order valence-electron chi connectivity index (χ4n) is 1.85. The van der Waals surface area contributed by atoms with E-state index in [0.29, 0.717) is 0 Å². The van der Waals surface area contributed by atoms with Crippen LogP contribution < -0.4 is 5.84 Å². The standard InChI is InChI=1S/C11H16N4/c1-4-5-10-14-11-8(3)13-7(2)6-9(11)15(10)12/h6H,4-5,12H2,1-3H3. The van der Waals surface area contributed by atoms with Gasteiger partial charge in [-0.3, -0.25) is 4.98 Å². The van der Waals surface area contributed by atoms with Gasteiger partial charge in [-0.15, -0.1) is 0 Å². The maximum atomic E-state index is 5.99. The van der Waals surface area contributed by atoms with E-state index >= 15 is 0 Å². The number of imidazole rings is 1. The van der Waals surface area contributed by atoms with Gasteiger partial charge >= 0.3 is 0 Å². The van der Waals surface area contributed by atoms with Crippen molar-refractivity contribution >= 4 is 11.0 Å². The summed E-state index contributed by atoms with van der Waals surface area (Å²) < 4.78 is 1.68. The van der Waals surface area contributed by atoms with Gasteiger partial charge in [-0.05, 0) is 26.3 Å². The van der Waals surface area contributed by atoms with Crippen molar-refractivity contribution < 1.29 is 0 Å². The highest BCUT2D eigenvalue weighted by molar-refractivity contribution is 5.78. The van der Waals surface area contributed by atoms with E-state index in [1.165, 1.54) is 0 Å². The van der Waals surface area contributed by atoms with Crippen LogP contribution in [-0.4, -0.2) is 14.6 Å². The van der Waals surface area contributed by atoms with E-state index in [1.807, 2.05) is 19.9 Å². The lowest BCUT2D eigenvalue weighted by Gasteiger charge is -2.00. The summed E-state index contributed by atoms with van der Waals surface area (Å²) in [6.07, 6.45) is 1.95. The van der Waals surface area contributed by atoms with Gasteiger partial charge in [-0.2, -0.15) is 0 Å². The van der Waals surface area contributed by atoms with E-state index in [-0.39, 0.29) is 0 Å². The molecule has 0 amide bonds. The molecule has 0 saturated heterocycles. The smallest absolute Gasteiger partial charge is 0.128 e. The summed E-state index contributed by atoms with van der Waals surface area (Å²) in [4.78, 5) is 8.90. The predicted octanol–water partition coefficient (Wildman–Crippen LogP) is 1.71. The van der Waals surface area contributed by atoms with E-state index in [2.05, 4.69) is 16.9 Å². The molecule has 0 aliphatic carbocycles. The molecular weight excluding hydrogens is 188 g/mol. The lowest BCUT2D eigenvalue weighted by Crippen LogP contribution is -2.12. The molecule has 2 heterocycles. The molecule has 0 spiro atoms. The summed E-state index contributed by atoms with van der Waals surface area (Å²) in [5.41, 5.74) is 3.83. The highest BCUT2D eigenvalue weighted by atomic mass is 15.3. The van der Waals surface area contributed by atoms with Gasteiger partial charge in [0.05, 0.1) is 11.2 Å². The Morgan fingerprint density at radius 2 is 2.07 bits per heavy atom. The fraction of sp³-hybridized carbons (Fsp3) is 0.455. The summed E-state index contributed by atoms with van der Waals surface area (Å²) in [6, 6.07) is 1.98. The van der Waals surface area contributed by atoms with E-state index in [0.717, 1.165) is 41.1 Å². The van der Waals surface area contributed by atoms with Gasteiger partial charge in [0.1, 0.15) is 11.3 Å². The summed E-state index contributed by atoms with van der Waals surface area (Å²) in [5.74, 6) is 6.92. The predicted molar refractivity (Wildman–Crippen MR) is 61.1 cm³/mol. The highest BCUT2D eigenvalue weighted by Crippen LogP contribution is 2.18. The number of hydrogen-bond donors (Lipinski definition) is 1. The number of aryl methyl sites for hydroxylation is 3. The van der Waals surface area contributed by atoms with Crippen molar-refractivity contribution in [1.82, 2.24) is 14.6 Å². The van der Waals surface area contributed by atoms with Crippen LogP contribution in [0.1, 0.15) is 30.6 Å². The molecule has 2 rings (SSSR count). The van der Waals surface area contributed by atoms with E-state index in [9.17, 15) is 0 Å². The van der Waals surface area contributed by atoms with Crippen LogP contribution >= 0.6 is 0 Å². The van der Waals surface area contributed by atoms with Crippen molar-refractivity contribution in [2.75, 3.05) is 5.84 Å². The number of fused-ring (bicyclic) bond motifs is 1. The molecule has 0 saturated carbocycles. The minimum atomic E-state index is 0.906. The first-order chi connectivity index (χ1) is 7.13. The molecule has 0 bridgehead atoms. The first-order valence-electron chi connectivity index (χ1n) is 5.24. The van der Waals surface area contributed by atoms with Crippen LogP contribution in [0.2, 0.25) is 0 Å². The molecule has 2 N–H and O–H groups in total. The Labute approximate surface area is 89.1 Å². The Morgan fingerprint density at radius 3 is 2.73 bits per heavy atom. The van der Waals surface area contributed by atoms with Gasteiger partial charge in [0, 0.05) is 12.1 Å². The Balaban J connectivity index is 2.70. The maximum Gasteiger partial charge on any atom is 0.128 e. The van der Waals surface area contributed by atoms with Crippen molar-refractivity contribution in [3.8, 4) is 0 Å². The second-order valence-corrected chi connectivity index (χ2v) is 3.86. The monoisotopic (exact) mass is 204 g/mol. The van der Waals surface area contributed by atoms with Gasteiger partial charge in [0.2, 0.25) is 0 Å². The average Bonchev–Trinajstić information content (AvgIpc) is 2.47. The molecule has 4 heteroatoms. The quantitative estimate of drug-likeness (QED) is 0.758. The third-order valence-corrected chi connectivity index (χ3v) is 2.53. The van der Waals surface area contributed by atoms with Crippen LogP contribution in [0.25, 0.3) is 11.0 Å². The van der Waals surface area contributed by atoms with Gasteiger partial charge in [-0.1, -0.05) is 6.92 Å². The van der Waals surface area contributed by atoms with Crippen molar-refractivity contribution in [1.29, 1.82) is 0 Å². The summed E-state index contributed by atoms with van der Waals surface area (Å²) in [7, 11) is 0. The zero-order valence-corrected chi connectivity index (χ0v) is 9.41. The number of nitrogens with two attached hydrogens (primary N) is 1. The zero-order chi connectivity index (χ0) is 11.0. The molecule has 0 unspecified atom stereocenters. The molecule has 0 aliphatic rings. The molecule has 0 atom stereocenters. The van der Waals surface area contributed by atoms with E-state index in [1.54, 1.807) is 4.68 Å². The third-order valence-electron chi connectivity index (χ3n) is 2.53. The van der Waals surface area contributed by atoms with Gasteiger partial charge in [0.25, 0.3) is 0 Å². The molecule has 2 aromatic rings. The maximum absolute atomic E-state index is 5.99. The van der Waals surface area contributed by atoms with E-state index < -0.39 is 0 Å². The molecule has 2 aromatic heterocycles. The van der Waals surface area contributed by atoms with Crippen LogP contribution in [0.4, 0.5) is 0 Å². The second-order valence-electron chi connectivity index (χ2n) is 3.86.